The molecule has 0 bridgehead atoms. The molecule has 0 aliphatic carbocycles. The van der Waals surface area contributed by atoms with E-state index in [0.29, 0.717) is 23.7 Å². The van der Waals surface area contributed by atoms with Crippen LogP contribution in [0.25, 0.3) is 0 Å². The van der Waals surface area contributed by atoms with Gasteiger partial charge in [0.15, 0.2) is 11.5 Å². The fourth-order valence-electron chi connectivity index (χ4n) is 6.54. The highest BCUT2D eigenvalue weighted by molar-refractivity contribution is 6.26. The standard InChI is InChI=1S/C25H25N3O5/c1-13-6-8-16-15(11-13)25(24(31)26-16)21-20(17-5-4-10-27(17)25)22(29)28(23(21)30)14-7-9-18(32-2)19(12-14)33-3/h6-9,11-12,17,20-21H,4-5,10H2,1-3H3,(H,26,31). The van der Waals surface area contributed by atoms with Crippen LogP contribution in [0, 0.1) is 18.8 Å². The quantitative estimate of drug-likeness (QED) is 0.728. The molecule has 0 saturated carbocycles. The number of amides is 3. The van der Waals surface area contributed by atoms with Crippen molar-refractivity contribution in [3.63, 3.8) is 0 Å². The first kappa shape index (κ1) is 20.2. The number of rotatable bonds is 3. The summed E-state index contributed by atoms with van der Waals surface area (Å²) >= 11 is 0. The zero-order valence-corrected chi connectivity index (χ0v) is 18.8. The number of methoxy groups -OCH3 is 2. The van der Waals surface area contributed by atoms with Crippen molar-refractivity contribution in [1.29, 1.82) is 0 Å². The molecule has 0 aromatic heterocycles. The summed E-state index contributed by atoms with van der Waals surface area (Å²) in [6, 6.07) is 10.7. The van der Waals surface area contributed by atoms with E-state index in [0.717, 1.165) is 29.7 Å². The molecule has 2 aromatic carbocycles. The van der Waals surface area contributed by atoms with Crippen molar-refractivity contribution in [2.24, 2.45) is 11.8 Å². The van der Waals surface area contributed by atoms with Crippen LogP contribution in [0.5, 0.6) is 11.5 Å². The molecule has 4 unspecified atom stereocenters. The average Bonchev–Trinajstić information content (AvgIpc) is 3.52. The Morgan fingerprint density at radius 3 is 2.55 bits per heavy atom. The summed E-state index contributed by atoms with van der Waals surface area (Å²) in [6.07, 6.45) is 1.68. The fourth-order valence-corrected chi connectivity index (χ4v) is 6.54. The molecule has 6 rings (SSSR count). The van der Waals surface area contributed by atoms with Gasteiger partial charge in [0.25, 0.3) is 0 Å². The van der Waals surface area contributed by atoms with Gasteiger partial charge in [-0.05, 0) is 44.5 Å². The third-order valence-corrected chi connectivity index (χ3v) is 7.77. The molecule has 0 radical (unpaired) electrons. The topological polar surface area (TPSA) is 88.2 Å². The van der Waals surface area contributed by atoms with Crippen LogP contribution in [-0.2, 0) is 19.9 Å². The number of fused-ring (bicyclic) bond motifs is 7. The molecule has 3 fully saturated rings. The first-order valence-corrected chi connectivity index (χ1v) is 11.2. The number of hydrogen-bond donors (Lipinski definition) is 1. The summed E-state index contributed by atoms with van der Waals surface area (Å²) in [5.74, 6) is -1.19. The van der Waals surface area contributed by atoms with Gasteiger partial charge in [-0.25, -0.2) is 4.90 Å². The Bertz CT molecular complexity index is 1230. The summed E-state index contributed by atoms with van der Waals surface area (Å²) in [5, 5.41) is 3.01. The highest BCUT2D eigenvalue weighted by Gasteiger charge is 2.74. The van der Waals surface area contributed by atoms with Crippen molar-refractivity contribution in [3.8, 4) is 11.5 Å². The van der Waals surface area contributed by atoms with Gasteiger partial charge >= 0.3 is 0 Å². The second-order valence-electron chi connectivity index (χ2n) is 9.23. The SMILES string of the molecule is COc1ccc(N2C(=O)C3C4CCCN4C4(C(=O)Nc5ccc(C)cc54)C3C2=O)cc1OC. The Labute approximate surface area is 191 Å². The highest BCUT2D eigenvalue weighted by Crippen LogP contribution is 2.60. The van der Waals surface area contributed by atoms with E-state index in [4.69, 9.17) is 9.47 Å². The van der Waals surface area contributed by atoms with Crippen LogP contribution in [0.15, 0.2) is 36.4 Å². The molecule has 4 aliphatic heterocycles. The number of anilines is 2. The van der Waals surface area contributed by atoms with E-state index in [9.17, 15) is 14.4 Å². The van der Waals surface area contributed by atoms with Crippen molar-refractivity contribution < 1.29 is 23.9 Å². The second kappa shape index (κ2) is 6.81. The second-order valence-corrected chi connectivity index (χ2v) is 9.23. The maximum Gasteiger partial charge on any atom is 0.250 e. The molecule has 4 atom stereocenters. The molecule has 8 heteroatoms. The van der Waals surface area contributed by atoms with E-state index in [1.54, 1.807) is 18.2 Å². The minimum Gasteiger partial charge on any atom is -0.493 e. The lowest BCUT2D eigenvalue weighted by Gasteiger charge is -2.36. The van der Waals surface area contributed by atoms with Crippen molar-refractivity contribution in [2.45, 2.75) is 31.3 Å². The minimum atomic E-state index is -1.16. The predicted octanol–water partition coefficient (Wildman–Crippen LogP) is 2.44. The largest absolute Gasteiger partial charge is 0.493 e. The normalized spacial score (nSPS) is 30.0. The Hall–Kier alpha value is -3.39. The lowest BCUT2D eigenvalue weighted by atomic mass is 9.75. The molecule has 1 spiro atoms. The third kappa shape index (κ3) is 2.36. The van der Waals surface area contributed by atoms with Gasteiger partial charge in [0, 0.05) is 23.4 Å². The Morgan fingerprint density at radius 2 is 1.79 bits per heavy atom. The Balaban J connectivity index is 1.52. The lowest BCUT2D eigenvalue weighted by molar-refractivity contribution is -0.135. The van der Waals surface area contributed by atoms with E-state index in [1.807, 2.05) is 25.1 Å². The van der Waals surface area contributed by atoms with Crippen LogP contribution >= 0.6 is 0 Å². The van der Waals surface area contributed by atoms with Crippen molar-refractivity contribution in [3.05, 3.63) is 47.5 Å². The average molecular weight is 447 g/mol. The van der Waals surface area contributed by atoms with E-state index < -0.39 is 17.4 Å². The molecule has 4 aliphatic rings. The highest BCUT2D eigenvalue weighted by atomic mass is 16.5. The molecular weight excluding hydrogens is 422 g/mol. The number of benzene rings is 2. The number of nitrogens with one attached hydrogen (secondary N) is 1. The zero-order valence-electron chi connectivity index (χ0n) is 18.8. The van der Waals surface area contributed by atoms with E-state index in [-0.39, 0.29) is 23.8 Å². The van der Waals surface area contributed by atoms with Gasteiger partial charge in [0.05, 0.1) is 31.7 Å². The maximum atomic E-state index is 14.0. The van der Waals surface area contributed by atoms with Crippen LogP contribution < -0.4 is 19.7 Å². The zero-order chi connectivity index (χ0) is 23.1. The minimum absolute atomic E-state index is 0.145. The van der Waals surface area contributed by atoms with Crippen LogP contribution in [0.3, 0.4) is 0 Å². The maximum absolute atomic E-state index is 14.0. The molecule has 4 heterocycles. The predicted molar refractivity (Wildman–Crippen MR) is 120 cm³/mol. The number of imide groups is 1. The molecule has 8 nitrogen and oxygen atoms in total. The number of nitrogens with zero attached hydrogens (tertiary/aromatic N) is 2. The number of ether oxygens (including phenoxy) is 2. The van der Waals surface area contributed by atoms with Crippen LogP contribution in [0.4, 0.5) is 11.4 Å². The summed E-state index contributed by atoms with van der Waals surface area (Å²) in [4.78, 5) is 44.8. The number of hydrogen-bond acceptors (Lipinski definition) is 6. The van der Waals surface area contributed by atoms with E-state index in [1.165, 1.54) is 19.1 Å². The summed E-state index contributed by atoms with van der Waals surface area (Å²) in [7, 11) is 3.04. The summed E-state index contributed by atoms with van der Waals surface area (Å²) in [6.45, 7) is 2.66. The monoisotopic (exact) mass is 447 g/mol. The molecule has 3 saturated heterocycles. The van der Waals surface area contributed by atoms with Crippen LogP contribution in [0.2, 0.25) is 0 Å². The van der Waals surface area contributed by atoms with Crippen molar-refractivity contribution in [1.82, 2.24) is 4.90 Å². The van der Waals surface area contributed by atoms with E-state index >= 15 is 0 Å². The molecule has 1 N–H and O–H groups in total. The first-order valence-electron chi connectivity index (χ1n) is 11.2. The molecule has 3 amide bonds. The Kier molecular flexibility index (Phi) is 4.17. The van der Waals surface area contributed by atoms with Crippen LogP contribution in [-0.4, -0.2) is 49.4 Å². The van der Waals surface area contributed by atoms with Gasteiger partial charge in [0.1, 0.15) is 5.54 Å². The molecule has 2 aromatic rings. The van der Waals surface area contributed by atoms with Crippen LogP contribution in [0.1, 0.15) is 24.0 Å². The Morgan fingerprint density at radius 1 is 1.00 bits per heavy atom. The molecule has 170 valence electrons. The van der Waals surface area contributed by atoms with Gasteiger partial charge < -0.3 is 14.8 Å². The lowest BCUT2D eigenvalue weighted by Crippen LogP contribution is -2.54. The summed E-state index contributed by atoms with van der Waals surface area (Å²) < 4.78 is 10.7. The number of carbonyl (C=O) groups excluding carboxylic acids is 3. The van der Waals surface area contributed by atoms with Gasteiger partial charge in [0.2, 0.25) is 17.7 Å². The summed E-state index contributed by atoms with van der Waals surface area (Å²) in [5.41, 5.74) is 1.81. The van der Waals surface area contributed by atoms with Gasteiger partial charge in [-0.1, -0.05) is 17.7 Å². The van der Waals surface area contributed by atoms with Gasteiger partial charge in [-0.3, -0.25) is 19.3 Å². The smallest absolute Gasteiger partial charge is 0.250 e. The first-order chi connectivity index (χ1) is 15.9. The fraction of sp³-hybridized carbons (Fsp3) is 0.400. The molecular formula is C25H25N3O5. The van der Waals surface area contributed by atoms with E-state index in [2.05, 4.69) is 10.2 Å². The van der Waals surface area contributed by atoms with Crippen molar-refractivity contribution >= 4 is 29.1 Å². The van der Waals surface area contributed by atoms with Gasteiger partial charge in [-0.15, -0.1) is 0 Å². The van der Waals surface area contributed by atoms with Gasteiger partial charge in [-0.2, -0.15) is 0 Å². The number of carbonyl (C=O) groups is 3. The molecule has 33 heavy (non-hydrogen) atoms. The number of aryl methyl sites for hydroxylation is 1. The van der Waals surface area contributed by atoms with Crippen molar-refractivity contribution in [2.75, 3.05) is 31.0 Å². The third-order valence-electron chi connectivity index (χ3n) is 7.77.